The van der Waals surface area contributed by atoms with Crippen molar-refractivity contribution in [3.05, 3.63) is 119 Å². The number of aromatic carboxylic acids is 1. The maximum atomic E-state index is 12.1. The van der Waals surface area contributed by atoms with Gasteiger partial charge in [0.1, 0.15) is 0 Å². The number of benzene rings is 4. The average molecular weight is 360 g/mol. The molecular formula is C26H16O2. The number of rotatable bonds is 1. The van der Waals surface area contributed by atoms with Crippen LogP contribution >= 0.6 is 0 Å². The zero-order valence-corrected chi connectivity index (χ0v) is 15.0. The second kappa shape index (κ2) is 5.20. The molecule has 0 aliphatic heterocycles. The normalized spacial score (nSPS) is 14.3. The van der Waals surface area contributed by atoms with Crippen LogP contribution in [0.2, 0.25) is 0 Å². The van der Waals surface area contributed by atoms with Crippen LogP contribution in [0.3, 0.4) is 0 Å². The van der Waals surface area contributed by atoms with E-state index in [9.17, 15) is 9.90 Å². The van der Waals surface area contributed by atoms with E-state index in [-0.39, 0.29) is 0 Å². The topological polar surface area (TPSA) is 37.3 Å². The Kier molecular flexibility index (Phi) is 2.86. The Bertz CT molecular complexity index is 1250. The van der Waals surface area contributed by atoms with Crippen LogP contribution in [-0.4, -0.2) is 11.1 Å². The Morgan fingerprint density at radius 1 is 0.571 bits per heavy atom. The molecule has 2 heteroatoms. The van der Waals surface area contributed by atoms with Crippen LogP contribution in [0.4, 0.5) is 0 Å². The van der Waals surface area contributed by atoms with Crippen molar-refractivity contribution in [1.82, 2.24) is 0 Å². The van der Waals surface area contributed by atoms with Crippen molar-refractivity contribution in [2.75, 3.05) is 0 Å². The summed E-state index contributed by atoms with van der Waals surface area (Å²) in [5, 5.41) is 9.90. The number of fused-ring (bicyclic) bond motifs is 10. The minimum atomic E-state index is -0.886. The van der Waals surface area contributed by atoms with Gasteiger partial charge >= 0.3 is 5.97 Å². The minimum absolute atomic E-state index is 0.365. The van der Waals surface area contributed by atoms with E-state index in [0.29, 0.717) is 5.56 Å². The molecule has 132 valence electrons. The largest absolute Gasteiger partial charge is 0.478 e. The molecule has 0 bridgehead atoms. The summed E-state index contributed by atoms with van der Waals surface area (Å²) < 4.78 is 0. The molecule has 0 unspecified atom stereocenters. The summed E-state index contributed by atoms with van der Waals surface area (Å²) in [6.45, 7) is 0. The lowest BCUT2D eigenvalue weighted by atomic mass is 9.70. The fraction of sp³-hybridized carbons (Fsp3) is 0.0385. The van der Waals surface area contributed by atoms with Crippen LogP contribution in [-0.2, 0) is 5.41 Å². The lowest BCUT2D eigenvalue weighted by Gasteiger charge is -2.30. The Morgan fingerprint density at radius 2 is 1.04 bits per heavy atom. The number of hydrogen-bond acceptors (Lipinski definition) is 1. The molecule has 0 amide bonds. The van der Waals surface area contributed by atoms with Gasteiger partial charge in [-0.25, -0.2) is 4.79 Å². The lowest BCUT2D eigenvalue weighted by Crippen LogP contribution is -2.25. The van der Waals surface area contributed by atoms with Crippen LogP contribution in [0.15, 0.2) is 91.0 Å². The van der Waals surface area contributed by atoms with E-state index < -0.39 is 11.4 Å². The fourth-order valence-corrected chi connectivity index (χ4v) is 5.32. The van der Waals surface area contributed by atoms with Crippen molar-refractivity contribution in [3.8, 4) is 22.3 Å². The van der Waals surface area contributed by atoms with Crippen molar-refractivity contribution >= 4 is 5.97 Å². The molecule has 2 aliphatic rings. The molecule has 2 aliphatic carbocycles. The summed E-state index contributed by atoms with van der Waals surface area (Å²) in [5.74, 6) is -0.886. The number of carboxylic acids is 1. The van der Waals surface area contributed by atoms with Gasteiger partial charge in [0.25, 0.3) is 0 Å². The van der Waals surface area contributed by atoms with Gasteiger partial charge in [0.05, 0.1) is 11.0 Å². The van der Waals surface area contributed by atoms with Gasteiger partial charge in [0, 0.05) is 5.56 Å². The monoisotopic (exact) mass is 360 g/mol. The standard InChI is InChI=1S/C26H16O2/c27-25(28)19-11-7-15-23-24(19)18-10-3-6-14-22(18)26(23)20-12-4-1-8-16(20)17-9-2-5-13-21(17)26/h1-15H,(H,27,28). The first-order valence-corrected chi connectivity index (χ1v) is 9.40. The first-order valence-electron chi connectivity index (χ1n) is 9.40. The van der Waals surface area contributed by atoms with Gasteiger partial charge in [-0.2, -0.15) is 0 Å². The van der Waals surface area contributed by atoms with Crippen LogP contribution < -0.4 is 0 Å². The molecule has 0 atom stereocenters. The highest BCUT2D eigenvalue weighted by Crippen LogP contribution is 2.62. The van der Waals surface area contributed by atoms with E-state index in [4.69, 9.17) is 0 Å². The Balaban J connectivity index is 1.87. The Labute approximate surface area is 162 Å². The third-order valence-corrected chi connectivity index (χ3v) is 6.25. The molecule has 6 rings (SSSR count). The first kappa shape index (κ1) is 15.4. The van der Waals surface area contributed by atoms with Crippen LogP contribution in [0.25, 0.3) is 22.3 Å². The quantitative estimate of drug-likeness (QED) is 0.407. The molecule has 0 fully saturated rings. The predicted octanol–water partition coefficient (Wildman–Crippen LogP) is 5.73. The third-order valence-electron chi connectivity index (χ3n) is 6.25. The van der Waals surface area contributed by atoms with E-state index >= 15 is 0 Å². The Hall–Kier alpha value is -3.65. The molecule has 1 spiro atoms. The summed E-state index contributed by atoms with van der Waals surface area (Å²) in [6.07, 6.45) is 0. The van der Waals surface area contributed by atoms with Gasteiger partial charge < -0.3 is 5.11 Å². The molecule has 4 aromatic carbocycles. The van der Waals surface area contributed by atoms with Crippen molar-refractivity contribution in [2.45, 2.75) is 5.41 Å². The number of hydrogen-bond donors (Lipinski definition) is 1. The predicted molar refractivity (Wildman–Crippen MR) is 110 cm³/mol. The summed E-state index contributed by atoms with van der Waals surface area (Å²) in [6, 6.07) is 31.0. The Morgan fingerprint density at radius 3 is 1.61 bits per heavy atom. The van der Waals surface area contributed by atoms with E-state index in [1.165, 1.54) is 22.3 Å². The van der Waals surface area contributed by atoms with Gasteiger partial charge in [-0.3, -0.25) is 0 Å². The molecule has 28 heavy (non-hydrogen) atoms. The first-order chi connectivity index (χ1) is 13.7. The number of carboxylic acid groups (broad SMARTS) is 1. The average Bonchev–Trinajstić information content (AvgIpc) is 3.21. The molecule has 4 aromatic rings. The SMILES string of the molecule is O=C(O)c1cccc2c1-c1ccccc1C21c2ccccc2-c2ccccc21. The van der Waals surface area contributed by atoms with Crippen molar-refractivity contribution in [3.63, 3.8) is 0 Å². The molecule has 0 radical (unpaired) electrons. The third kappa shape index (κ3) is 1.62. The van der Waals surface area contributed by atoms with Crippen LogP contribution in [0.1, 0.15) is 32.6 Å². The molecule has 0 aromatic heterocycles. The summed E-state index contributed by atoms with van der Waals surface area (Å²) in [7, 11) is 0. The van der Waals surface area contributed by atoms with Crippen molar-refractivity contribution < 1.29 is 9.90 Å². The fourth-order valence-electron chi connectivity index (χ4n) is 5.32. The molecule has 2 nitrogen and oxygen atoms in total. The summed E-state index contributed by atoms with van der Waals surface area (Å²) >= 11 is 0. The van der Waals surface area contributed by atoms with E-state index in [1.54, 1.807) is 6.07 Å². The highest BCUT2D eigenvalue weighted by Gasteiger charge is 2.52. The van der Waals surface area contributed by atoms with Crippen molar-refractivity contribution in [1.29, 1.82) is 0 Å². The second-order valence-corrected chi connectivity index (χ2v) is 7.42. The van der Waals surface area contributed by atoms with E-state index in [1.807, 2.05) is 12.1 Å². The zero-order valence-electron chi connectivity index (χ0n) is 15.0. The summed E-state index contributed by atoms with van der Waals surface area (Å²) in [5.41, 5.74) is 8.88. The highest BCUT2D eigenvalue weighted by molar-refractivity contribution is 6.03. The molecule has 0 saturated heterocycles. The smallest absolute Gasteiger partial charge is 0.336 e. The van der Waals surface area contributed by atoms with Gasteiger partial charge in [-0.05, 0) is 45.0 Å². The lowest BCUT2D eigenvalue weighted by molar-refractivity contribution is 0.0697. The number of carbonyl (C=O) groups is 1. The maximum absolute atomic E-state index is 12.1. The second-order valence-electron chi connectivity index (χ2n) is 7.42. The van der Waals surface area contributed by atoms with Crippen LogP contribution in [0.5, 0.6) is 0 Å². The molecular weight excluding hydrogens is 344 g/mol. The molecule has 1 N–H and O–H groups in total. The summed E-state index contributed by atoms with van der Waals surface area (Å²) in [4.78, 5) is 12.1. The van der Waals surface area contributed by atoms with Gasteiger partial charge in [0.15, 0.2) is 0 Å². The maximum Gasteiger partial charge on any atom is 0.336 e. The van der Waals surface area contributed by atoms with Gasteiger partial charge in [-0.15, -0.1) is 0 Å². The highest BCUT2D eigenvalue weighted by atomic mass is 16.4. The van der Waals surface area contributed by atoms with E-state index in [2.05, 4.69) is 72.8 Å². The minimum Gasteiger partial charge on any atom is -0.478 e. The molecule has 0 saturated carbocycles. The zero-order chi connectivity index (χ0) is 18.9. The van der Waals surface area contributed by atoms with Crippen molar-refractivity contribution in [2.24, 2.45) is 0 Å². The van der Waals surface area contributed by atoms with E-state index in [0.717, 1.165) is 22.3 Å². The molecule has 0 heterocycles. The van der Waals surface area contributed by atoms with Crippen LogP contribution in [0, 0.1) is 0 Å². The van der Waals surface area contributed by atoms with Gasteiger partial charge in [0.2, 0.25) is 0 Å². The van der Waals surface area contributed by atoms with Gasteiger partial charge in [-0.1, -0.05) is 84.9 Å².